The summed E-state index contributed by atoms with van der Waals surface area (Å²) in [6.45, 7) is 1.34. The van der Waals surface area contributed by atoms with Crippen molar-refractivity contribution in [2.45, 2.75) is 19.6 Å². The van der Waals surface area contributed by atoms with Crippen LogP contribution >= 0.6 is 0 Å². The Morgan fingerprint density at radius 1 is 1.47 bits per heavy atom. The van der Waals surface area contributed by atoms with Gasteiger partial charge in [-0.2, -0.15) is 0 Å². The molecule has 0 amide bonds. The van der Waals surface area contributed by atoms with Gasteiger partial charge in [0, 0.05) is 6.92 Å². The average molecular weight is 208 g/mol. The third-order valence-corrected chi connectivity index (χ3v) is 3.62. The molecule has 1 aliphatic heterocycles. The molecule has 0 spiro atoms. The van der Waals surface area contributed by atoms with Gasteiger partial charge >= 0.3 is 11.9 Å². The molecule has 0 aromatic heterocycles. The maximum atomic E-state index is 11.6. The number of carbonyl (C=O) groups is 2. The van der Waals surface area contributed by atoms with Gasteiger partial charge in [-0.25, -0.2) is 0 Å². The standard InChI is InChI=1S/C11H12O4/c1-5(12)14-11-9-7-3-2-6(4-7)8(9)10(13)15-11/h2-3,6-9,11H,4H2,1H3/t6-,7+,8-,9+,11+/m0/s1. The molecular formula is C11H12O4. The van der Waals surface area contributed by atoms with Gasteiger partial charge in [0.1, 0.15) is 0 Å². The predicted octanol–water partition coefficient (Wildman–Crippen LogP) is 0.871. The van der Waals surface area contributed by atoms with E-state index in [-0.39, 0.29) is 23.8 Å². The lowest BCUT2D eigenvalue weighted by molar-refractivity contribution is -0.181. The first-order chi connectivity index (χ1) is 7.16. The Morgan fingerprint density at radius 2 is 2.20 bits per heavy atom. The number of carbonyl (C=O) groups excluding carboxylic acids is 2. The molecule has 1 heterocycles. The summed E-state index contributed by atoms with van der Waals surface area (Å²) in [5.74, 6) is 0.0212. The van der Waals surface area contributed by atoms with E-state index in [9.17, 15) is 9.59 Å². The van der Waals surface area contributed by atoms with E-state index in [0.717, 1.165) is 6.42 Å². The van der Waals surface area contributed by atoms with Gasteiger partial charge in [0.15, 0.2) is 0 Å². The van der Waals surface area contributed by atoms with Crippen LogP contribution in [0.1, 0.15) is 13.3 Å². The van der Waals surface area contributed by atoms with E-state index in [4.69, 9.17) is 9.47 Å². The van der Waals surface area contributed by atoms with Crippen molar-refractivity contribution in [2.75, 3.05) is 0 Å². The number of allylic oxidation sites excluding steroid dienone is 2. The molecule has 0 aromatic carbocycles. The van der Waals surface area contributed by atoms with Crippen LogP contribution in [-0.2, 0) is 19.1 Å². The van der Waals surface area contributed by atoms with Crippen LogP contribution in [0, 0.1) is 23.7 Å². The lowest BCUT2D eigenvalue weighted by Crippen LogP contribution is -2.28. The Bertz CT molecular complexity index is 360. The fourth-order valence-electron chi connectivity index (χ4n) is 3.10. The van der Waals surface area contributed by atoms with E-state index in [1.54, 1.807) is 0 Å². The molecule has 4 heteroatoms. The Labute approximate surface area is 87.2 Å². The van der Waals surface area contributed by atoms with E-state index in [1.165, 1.54) is 6.92 Å². The molecule has 0 aromatic rings. The first-order valence-corrected chi connectivity index (χ1v) is 5.23. The Morgan fingerprint density at radius 3 is 2.93 bits per heavy atom. The monoisotopic (exact) mass is 208 g/mol. The summed E-state index contributed by atoms with van der Waals surface area (Å²) >= 11 is 0. The zero-order valence-electron chi connectivity index (χ0n) is 8.38. The molecule has 0 N–H and O–H groups in total. The highest BCUT2D eigenvalue weighted by atomic mass is 16.7. The van der Waals surface area contributed by atoms with Crippen molar-refractivity contribution in [3.05, 3.63) is 12.2 Å². The fourth-order valence-corrected chi connectivity index (χ4v) is 3.10. The Kier molecular flexibility index (Phi) is 1.69. The fraction of sp³-hybridized carbons (Fsp3) is 0.636. The lowest BCUT2D eigenvalue weighted by Gasteiger charge is -2.20. The highest BCUT2D eigenvalue weighted by Gasteiger charge is 2.59. The number of fused-ring (bicyclic) bond motifs is 5. The topological polar surface area (TPSA) is 52.6 Å². The summed E-state index contributed by atoms with van der Waals surface area (Å²) in [5, 5.41) is 0. The van der Waals surface area contributed by atoms with Crippen LogP contribution in [0.25, 0.3) is 0 Å². The SMILES string of the molecule is CC(=O)O[C@@H]1OC(=O)[C@@H]2[C@H]1[C@@H]1C=C[C@H]2C1. The largest absolute Gasteiger partial charge is 0.425 e. The van der Waals surface area contributed by atoms with Crippen LogP contribution in [0.2, 0.25) is 0 Å². The van der Waals surface area contributed by atoms with Crippen LogP contribution in [-0.4, -0.2) is 18.2 Å². The number of cyclic esters (lactones) is 1. The number of hydrogen-bond acceptors (Lipinski definition) is 4. The van der Waals surface area contributed by atoms with Gasteiger partial charge in [0.05, 0.1) is 11.8 Å². The van der Waals surface area contributed by atoms with Gasteiger partial charge < -0.3 is 9.47 Å². The number of esters is 2. The lowest BCUT2D eigenvalue weighted by atomic mass is 9.85. The highest BCUT2D eigenvalue weighted by Crippen LogP contribution is 2.53. The molecule has 1 saturated heterocycles. The molecule has 3 aliphatic rings. The van der Waals surface area contributed by atoms with Crippen LogP contribution < -0.4 is 0 Å². The smallest absolute Gasteiger partial charge is 0.313 e. The van der Waals surface area contributed by atoms with E-state index in [2.05, 4.69) is 12.2 Å². The van der Waals surface area contributed by atoms with Crippen LogP contribution in [0.4, 0.5) is 0 Å². The van der Waals surface area contributed by atoms with Gasteiger partial charge in [-0.3, -0.25) is 9.59 Å². The zero-order chi connectivity index (χ0) is 10.6. The molecule has 3 rings (SSSR count). The van der Waals surface area contributed by atoms with E-state index < -0.39 is 6.29 Å². The highest BCUT2D eigenvalue weighted by molar-refractivity contribution is 5.77. The minimum absolute atomic E-state index is 0.0522. The van der Waals surface area contributed by atoms with Crippen LogP contribution in [0.5, 0.6) is 0 Å². The molecule has 5 atom stereocenters. The van der Waals surface area contributed by atoms with E-state index >= 15 is 0 Å². The second kappa shape index (κ2) is 2.84. The third-order valence-electron chi connectivity index (χ3n) is 3.62. The Hall–Kier alpha value is -1.32. The summed E-state index contributed by atoms with van der Waals surface area (Å²) in [6, 6.07) is 0. The Balaban J connectivity index is 1.87. The summed E-state index contributed by atoms with van der Waals surface area (Å²) in [7, 11) is 0. The maximum absolute atomic E-state index is 11.6. The molecule has 0 unspecified atom stereocenters. The summed E-state index contributed by atoms with van der Waals surface area (Å²) in [4.78, 5) is 22.5. The first-order valence-electron chi connectivity index (χ1n) is 5.23. The van der Waals surface area contributed by atoms with E-state index in [1.807, 2.05) is 0 Å². The molecular weight excluding hydrogens is 196 g/mol. The molecule has 2 aliphatic carbocycles. The van der Waals surface area contributed by atoms with Crippen molar-refractivity contribution >= 4 is 11.9 Å². The van der Waals surface area contributed by atoms with Gasteiger partial charge in [0.2, 0.25) is 0 Å². The van der Waals surface area contributed by atoms with E-state index in [0.29, 0.717) is 11.8 Å². The van der Waals surface area contributed by atoms with Crippen molar-refractivity contribution in [2.24, 2.45) is 23.7 Å². The van der Waals surface area contributed by atoms with Gasteiger partial charge in [-0.05, 0) is 18.3 Å². The molecule has 0 radical (unpaired) electrons. The maximum Gasteiger partial charge on any atom is 0.313 e. The van der Waals surface area contributed by atoms with Gasteiger partial charge in [-0.15, -0.1) is 0 Å². The van der Waals surface area contributed by atoms with Crippen molar-refractivity contribution in [1.29, 1.82) is 0 Å². The average Bonchev–Trinajstić information content (AvgIpc) is 2.78. The van der Waals surface area contributed by atoms with Crippen molar-refractivity contribution in [3.63, 3.8) is 0 Å². The normalized spacial score (nSPS) is 45.4. The third kappa shape index (κ3) is 1.14. The van der Waals surface area contributed by atoms with Gasteiger partial charge in [-0.1, -0.05) is 12.2 Å². The van der Waals surface area contributed by atoms with Crippen molar-refractivity contribution in [3.8, 4) is 0 Å². The molecule has 4 nitrogen and oxygen atoms in total. The molecule has 80 valence electrons. The van der Waals surface area contributed by atoms with Crippen molar-refractivity contribution in [1.82, 2.24) is 0 Å². The molecule has 15 heavy (non-hydrogen) atoms. The molecule has 2 fully saturated rings. The predicted molar refractivity (Wildman–Crippen MR) is 49.4 cm³/mol. The molecule has 1 saturated carbocycles. The van der Waals surface area contributed by atoms with Crippen molar-refractivity contribution < 1.29 is 19.1 Å². The first kappa shape index (κ1) is 8.95. The minimum Gasteiger partial charge on any atom is -0.425 e. The second-order valence-electron chi connectivity index (χ2n) is 4.47. The zero-order valence-corrected chi connectivity index (χ0v) is 8.38. The quantitative estimate of drug-likeness (QED) is 0.474. The summed E-state index contributed by atoms with van der Waals surface area (Å²) in [5.41, 5.74) is 0. The number of ether oxygens (including phenoxy) is 2. The molecule has 2 bridgehead atoms. The minimum atomic E-state index is -0.653. The number of rotatable bonds is 1. The van der Waals surface area contributed by atoms with Crippen LogP contribution in [0.15, 0.2) is 12.2 Å². The van der Waals surface area contributed by atoms with Crippen LogP contribution in [0.3, 0.4) is 0 Å². The second-order valence-corrected chi connectivity index (χ2v) is 4.47. The summed E-state index contributed by atoms with van der Waals surface area (Å²) < 4.78 is 10.1. The number of hydrogen-bond donors (Lipinski definition) is 0. The van der Waals surface area contributed by atoms with Gasteiger partial charge in [0.25, 0.3) is 6.29 Å². The summed E-state index contributed by atoms with van der Waals surface area (Å²) in [6.07, 6.45) is 4.55.